The van der Waals surface area contributed by atoms with Crippen LogP contribution in [-0.2, 0) is 0 Å². The average molecular weight is 269 g/mol. The summed E-state index contributed by atoms with van der Waals surface area (Å²) in [5.74, 6) is 0. The van der Waals surface area contributed by atoms with Gasteiger partial charge in [-0.05, 0) is 32.6 Å². The molecule has 18 heavy (non-hydrogen) atoms. The molecule has 0 saturated carbocycles. The van der Waals surface area contributed by atoms with Crippen LogP contribution in [0.2, 0.25) is 0 Å². The van der Waals surface area contributed by atoms with Crippen molar-refractivity contribution in [2.24, 2.45) is 0 Å². The van der Waals surface area contributed by atoms with E-state index >= 15 is 0 Å². The summed E-state index contributed by atoms with van der Waals surface area (Å²) in [7, 11) is 0. The second-order valence-electron chi connectivity index (χ2n) is 5.81. The predicted octanol–water partition coefficient (Wildman–Crippen LogP) is 1.63. The lowest BCUT2D eigenvalue weighted by molar-refractivity contribution is 0.107. The summed E-state index contributed by atoms with van der Waals surface area (Å²) in [4.78, 5) is 19.1. The second kappa shape index (κ2) is 4.93. The molecule has 1 atom stereocenters. The lowest BCUT2D eigenvalue weighted by Gasteiger charge is -2.39. The highest BCUT2D eigenvalue weighted by Gasteiger charge is 2.43. The molecular formula is C13H23N3OS. The third-order valence-electron chi connectivity index (χ3n) is 4.79. The van der Waals surface area contributed by atoms with Crippen LogP contribution in [-0.4, -0.2) is 64.4 Å². The Labute approximate surface area is 115 Å². The van der Waals surface area contributed by atoms with Crippen LogP contribution in [0.5, 0.6) is 0 Å². The summed E-state index contributed by atoms with van der Waals surface area (Å²) in [6.45, 7) is 5.74. The molecule has 5 heteroatoms. The summed E-state index contributed by atoms with van der Waals surface area (Å²) < 4.78 is 0. The van der Waals surface area contributed by atoms with Crippen molar-refractivity contribution in [2.75, 3.05) is 26.2 Å². The van der Waals surface area contributed by atoms with Crippen LogP contribution in [0.3, 0.4) is 0 Å². The zero-order chi connectivity index (χ0) is 12.7. The molecule has 0 radical (unpaired) electrons. The quantitative estimate of drug-likeness (QED) is 0.732. The third kappa shape index (κ3) is 2.11. The van der Waals surface area contributed by atoms with Crippen LogP contribution >= 0.6 is 12.6 Å². The molecule has 3 rings (SSSR count). The number of piperazine rings is 1. The number of hydrogen-bond donors (Lipinski definition) is 1. The van der Waals surface area contributed by atoms with E-state index in [-0.39, 0.29) is 0 Å². The van der Waals surface area contributed by atoms with E-state index in [2.05, 4.69) is 29.4 Å². The first kappa shape index (κ1) is 12.6. The standard InChI is InChI=1S/C13H23N3OS/c1-10(18)14-6-8-15(9-7-14)13(17)16-11-2-3-12(16)5-4-11/h10-12,18H,2-9H2,1H3. The fraction of sp³-hybridized carbons (Fsp3) is 0.923. The maximum Gasteiger partial charge on any atom is 0.320 e. The molecule has 3 aliphatic heterocycles. The van der Waals surface area contributed by atoms with Gasteiger partial charge < -0.3 is 9.80 Å². The Hall–Kier alpha value is -0.420. The number of hydrogen-bond acceptors (Lipinski definition) is 3. The van der Waals surface area contributed by atoms with Gasteiger partial charge in [0.25, 0.3) is 0 Å². The Kier molecular flexibility index (Phi) is 3.45. The van der Waals surface area contributed by atoms with Gasteiger partial charge in [0.1, 0.15) is 0 Å². The van der Waals surface area contributed by atoms with E-state index in [1.165, 1.54) is 25.7 Å². The number of amides is 2. The van der Waals surface area contributed by atoms with Crippen molar-refractivity contribution < 1.29 is 4.79 Å². The number of nitrogens with zero attached hydrogens (tertiary/aromatic N) is 3. The lowest BCUT2D eigenvalue weighted by Crippen LogP contribution is -2.54. The van der Waals surface area contributed by atoms with Gasteiger partial charge in [0.05, 0.1) is 5.37 Å². The van der Waals surface area contributed by atoms with Crippen molar-refractivity contribution in [1.29, 1.82) is 0 Å². The molecule has 0 aromatic carbocycles. The summed E-state index contributed by atoms with van der Waals surface area (Å²) in [5, 5.41) is 0.296. The molecule has 0 spiro atoms. The van der Waals surface area contributed by atoms with Crippen molar-refractivity contribution in [3.8, 4) is 0 Å². The van der Waals surface area contributed by atoms with Gasteiger partial charge >= 0.3 is 6.03 Å². The first-order chi connectivity index (χ1) is 8.66. The average Bonchev–Trinajstić information content (AvgIpc) is 2.98. The van der Waals surface area contributed by atoms with Gasteiger partial charge in [-0.15, -0.1) is 0 Å². The maximum absolute atomic E-state index is 12.6. The smallest absolute Gasteiger partial charge is 0.320 e. The van der Waals surface area contributed by atoms with Gasteiger partial charge in [0.15, 0.2) is 0 Å². The van der Waals surface area contributed by atoms with E-state index in [1.54, 1.807) is 0 Å². The van der Waals surface area contributed by atoms with Crippen LogP contribution in [0.15, 0.2) is 0 Å². The molecule has 3 saturated heterocycles. The van der Waals surface area contributed by atoms with Crippen molar-refractivity contribution in [3.63, 3.8) is 0 Å². The zero-order valence-electron chi connectivity index (χ0n) is 11.1. The van der Waals surface area contributed by atoms with Gasteiger partial charge in [0.2, 0.25) is 0 Å². The monoisotopic (exact) mass is 269 g/mol. The fourth-order valence-corrected chi connectivity index (χ4v) is 3.91. The topological polar surface area (TPSA) is 26.8 Å². The Morgan fingerprint density at radius 3 is 2.00 bits per heavy atom. The molecule has 3 fully saturated rings. The number of urea groups is 1. The number of fused-ring (bicyclic) bond motifs is 2. The normalized spacial score (nSPS) is 34.1. The van der Waals surface area contributed by atoms with Gasteiger partial charge in [0, 0.05) is 38.3 Å². The fourth-order valence-electron chi connectivity index (χ4n) is 3.68. The Morgan fingerprint density at radius 2 is 1.56 bits per heavy atom. The van der Waals surface area contributed by atoms with E-state index in [1.807, 2.05) is 4.90 Å². The number of carbonyl (C=O) groups excluding carboxylic acids is 1. The number of carbonyl (C=O) groups is 1. The molecule has 3 heterocycles. The summed E-state index contributed by atoms with van der Waals surface area (Å²) in [5.41, 5.74) is 0. The van der Waals surface area contributed by atoms with Gasteiger partial charge in [-0.1, -0.05) is 0 Å². The summed E-state index contributed by atoms with van der Waals surface area (Å²) in [6, 6.07) is 1.39. The van der Waals surface area contributed by atoms with Crippen molar-refractivity contribution in [1.82, 2.24) is 14.7 Å². The van der Waals surface area contributed by atoms with Crippen molar-refractivity contribution in [2.45, 2.75) is 50.1 Å². The zero-order valence-corrected chi connectivity index (χ0v) is 12.0. The molecule has 0 aromatic heterocycles. The van der Waals surface area contributed by atoms with E-state index in [9.17, 15) is 4.79 Å². The first-order valence-corrected chi connectivity index (χ1v) is 7.68. The SMILES string of the molecule is CC(S)N1CCN(C(=O)N2C3CCC2CC3)CC1. The second-order valence-corrected chi connectivity index (χ2v) is 6.55. The number of rotatable bonds is 1. The highest BCUT2D eigenvalue weighted by molar-refractivity contribution is 7.80. The lowest BCUT2D eigenvalue weighted by atomic mass is 10.0. The van der Waals surface area contributed by atoms with E-state index < -0.39 is 0 Å². The van der Waals surface area contributed by atoms with Crippen LogP contribution < -0.4 is 0 Å². The van der Waals surface area contributed by atoms with Crippen LogP contribution in [0.25, 0.3) is 0 Å². The van der Waals surface area contributed by atoms with Crippen LogP contribution in [0.1, 0.15) is 32.6 Å². The van der Waals surface area contributed by atoms with Gasteiger partial charge in [-0.25, -0.2) is 4.79 Å². The molecule has 0 N–H and O–H groups in total. The van der Waals surface area contributed by atoms with Gasteiger partial charge in [-0.3, -0.25) is 4.90 Å². The highest BCUT2D eigenvalue weighted by Crippen LogP contribution is 2.38. The first-order valence-electron chi connectivity index (χ1n) is 7.16. The summed E-state index contributed by atoms with van der Waals surface area (Å²) >= 11 is 4.46. The molecule has 0 aromatic rings. The molecule has 2 bridgehead atoms. The minimum Gasteiger partial charge on any atom is -0.322 e. The molecule has 4 nitrogen and oxygen atoms in total. The molecular weight excluding hydrogens is 246 g/mol. The maximum atomic E-state index is 12.6. The Bertz CT molecular complexity index is 308. The summed E-state index contributed by atoms with van der Waals surface area (Å²) in [6.07, 6.45) is 4.90. The molecule has 0 aliphatic carbocycles. The largest absolute Gasteiger partial charge is 0.322 e. The van der Waals surface area contributed by atoms with E-state index in [0.717, 1.165) is 26.2 Å². The van der Waals surface area contributed by atoms with E-state index in [0.29, 0.717) is 23.5 Å². The molecule has 3 aliphatic rings. The highest BCUT2D eigenvalue weighted by atomic mass is 32.1. The molecule has 2 amide bonds. The molecule has 102 valence electrons. The van der Waals surface area contributed by atoms with Crippen molar-refractivity contribution >= 4 is 18.7 Å². The van der Waals surface area contributed by atoms with Crippen molar-refractivity contribution in [3.05, 3.63) is 0 Å². The van der Waals surface area contributed by atoms with E-state index in [4.69, 9.17) is 0 Å². The Balaban J connectivity index is 1.58. The number of thiol groups is 1. The minimum absolute atomic E-state index is 0.296. The van der Waals surface area contributed by atoms with Gasteiger partial charge in [-0.2, -0.15) is 12.6 Å². The van der Waals surface area contributed by atoms with Crippen LogP contribution in [0, 0.1) is 0 Å². The molecule has 1 unspecified atom stereocenters. The third-order valence-corrected chi connectivity index (χ3v) is 5.11. The minimum atomic E-state index is 0.296. The predicted molar refractivity (Wildman–Crippen MR) is 74.9 cm³/mol. The Morgan fingerprint density at radius 1 is 1.06 bits per heavy atom. The van der Waals surface area contributed by atoms with Crippen LogP contribution in [0.4, 0.5) is 4.79 Å².